The summed E-state index contributed by atoms with van der Waals surface area (Å²) in [5.74, 6) is 1.64. The number of ether oxygens (including phenoxy) is 1. The monoisotopic (exact) mass is 482 g/mol. The van der Waals surface area contributed by atoms with E-state index in [1.807, 2.05) is 32.9 Å². The summed E-state index contributed by atoms with van der Waals surface area (Å²) in [5.41, 5.74) is 6.59. The number of benzene rings is 1. The van der Waals surface area contributed by atoms with Gasteiger partial charge in [0.05, 0.1) is 23.8 Å². The zero-order valence-corrected chi connectivity index (χ0v) is 21.0. The van der Waals surface area contributed by atoms with E-state index in [4.69, 9.17) is 15.1 Å². The third kappa shape index (κ3) is 5.67. The van der Waals surface area contributed by atoms with Crippen LogP contribution in [0.15, 0.2) is 36.4 Å². The predicted octanol–water partition coefficient (Wildman–Crippen LogP) is 4.49. The second kappa shape index (κ2) is 10.3. The van der Waals surface area contributed by atoms with Crippen LogP contribution in [0.4, 0.5) is 11.5 Å². The molecule has 182 valence electrons. The summed E-state index contributed by atoms with van der Waals surface area (Å²) in [6.45, 7) is 8.09. The molecule has 2 aromatic rings. The largest absolute Gasteiger partial charge is 0.481 e. The normalized spacial score (nSPS) is 20.1. The molecule has 1 fully saturated rings. The zero-order valence-electron chi connectivity index (χ0n) is 20.2. The van der Waals surface area contributed by atoms with Gasteiger partial charge in [-0.05, 0) is 68.0 Å². The molecule has 34 heavy (non-hydrogen) atoms. The highest BCUT2D eigenvalue weighted by Crippen LogP contribution is 2.31. The molecule has 1 unspecified atom stereocenters. The summed E-state index contributed by atoms with van der Waals surface area (Å²) in [5, 5.41) is 11.4. The summed E-state index contributed by atoms with van der Waals surface area (Å²) in [4.78, 5) is 7.19. The molecular weight excluding hydrogens is 448 g/mol. The molecule has 2 aliphatic heterocycles. The Bertz CT molecular complexity index is 1210. The lowest BCUT2D eigenvalue weighted by Gasteiger charge is -2.34. The van der Waals surface area contributed by atoms with E-state index >= 15 is 0 Å². The number of fused-ring (bicyclic) bond motifs is 1. The van der Waals surface area contributed by atoms with Crippen molar-refractivity contribution in [3.05, 3.63) is 58.8 Å². The average Bonchev–Trinajstić information content (AvgIpc) is 3.18. The highest BCUT2D eigenvalue weighted by atomic mass is 32.2. The minimum atomic E-state index is -2.88. The molecule has 2 aliphatic rings. The maximum atomic E-state index is 11.9. The van der Waals surface area contributed by atoms with Gasteiger partial charge in [0, 0.05) is 31.2 Å². The molecule has 0 aliphatic carbocycles. The molecule has 2 N–H and O–H groups in total. The summed E-state index contributed by atoms with van der Waals surface area (Å²) in [7, 11) is -2.88. The SMILES string of the molecule is CCOC(=N)C/C=C(\C)c1nc(Nc2cccc3c2CCN(C2CCS(=O)(=O)C2)C3)ccc1C. The number of allylic oxidation sites excluding steroid dienone is 1. The molecular formula is C26H34N4O3S. The van der Waals surface area contributed by atoms with Gasteiger partial charge in [-0.2, -0.15) is 0 Å². The molecule has 8 heteroatoms. The van der Waals surface area contributed by atoms with Crippen LogP contribution >= 0.6 is 0 Å². The van der Waals surface area contributed by atoms with E-state index in [9.17, 15) is 8.42 Å². The average molecular weight is 483 g/mol. The van der Waals surface area contributed by atoms with E-state index in [-0.39, 0.29) is 17.7 Å². The smallest absolute Gasteiger partial charge is 0.184 e. The van der Waals surface area contributed by atoms with Crippen molar-refractivity contribution in [1.82, 2.24) is 9.88 Å². The van der Waals surface area contributed by atoms with Crippen molar-refractivity contribution in [3.8, 4) is 0 Å². The Morgan fingerprint density at radius 1 is 1.32 bits per heavy atom. The van der Waals surface area contributed by atoms with E-state index in [1.165, 1.54) is 11.1 Å². The maximum Gasteiger partial charge on any atom is 0.184 e. The molecule has 1 aromatic heterocycles. The number of nitrogens with zero attached hydrogens (tertiary/aromatic N) is 2. The molecule has 0 amide bonds. The summed E-state index contributed by atoms with van der Waals surface area (Å²) < 4.78 is 29.1. The summed E-state index contributed by atoms with van der Waals surface area (Å²) in [6.07, 6.45) is 4.05. The van der Waals surface area contributed by atoms with Crippen molar-refractivity contribution >= 4 is 32.8 Å². The van der Waals surface area contributed by atoms with Gasteiger partial charge in [0.25, 0.3) is 0 Å². The first kappa shape index (κ1) is 24.4. The van der Waals surface area contributed by atoms with Crippen molar-refractivity contribution in [2.45, 2.75) is 52.6 Å². The third-order valence-electron chi connectivity index (χ3n) is 6.67. The lowest BCUT2D eigenvalue weighted by molar-refractivity contribution is 0.194. The number of aryl methyl sites for hydroxylation is 1. The van der Waals surface area contributed by atoms with E-state index in [0.29, 0.717) is 18.8 Å². The van der Waals surface area contributed by atoms with Crippen LogP contribution in [0.2, 0.25) is 0 Å². The fourth-order valence-electron chi connectivity index (χ4n) is 4.83. The number of hydrogen-bond acceptors (Lipinski definition) is 7. The lowest BCUT2D eigenvalue weighted by Crippen LogP contribution is -2.40. The van der Waals surface area contributed by atoms with Crippen LogP contribution in [-0.4, -0.2) is 54.9 Å². The Morgan fingerprint density at radius 2 is 2.15 bits per heavy atom. The minimum absolute atomic E-state index is 0.134. The lowest BCUT2D eigenvalue weighted by atomic mass is 9.96. The molecule has 1 saturated heterocycles. The standard InChI is InChI=1S/C26H34N4O3S/c1-4-33-24(27)10-8-18(2)26-19(3)9-11-25(29-26)28-23-7-5-6-20-16-30(14-12-22(20)23)21-13-15-34(31,32)17-21/h5-9,11,21,27H,4,10,12-17H2,1-3H3,(H,28,29)/b18-8+,27-24?. The number of rotatable bonds is 7. The second-order valence-corrected chi connectivity index (χ2v) is 11.4. The molecule has 0 bridgehead atoms. The Morgan fingerprint density at radius 3 is 2.88 bits per heavy atom. The van der Waals surface area contributed by atoms with Crippen LogP contribution in [-0.2, 0) is 27.5 Å². The van der Waals surface area contributed by atoms with Crippen molar-refractivity contribution in [1.29, 1.82) is 5.41 Å². The number of pyridine rings is 1. The van der Waals surface area contributed by atoms with Gasteiger partial charge in [0.15, 0.2) is 15.7 Å². The first-order valence-corrected chi connectivity index (χ1v) is 13.7. The highest BCUT2D eigenvalue weighted by molar-refractivity contribution is 7.91. The highest BCUT2D eigenvalue weighted by Gasteiger charge is 2.34. The maximum absolute atomic E-state index is 11.9. The number of anilines is 2. The molecule has 0 saturated carbocycles. The fraction of sp³-hybridized carbons (Fsp3) is 0.462. The van der Waals surface area contributed by atoms with E-state index in [1.54, 1.807) is 0 Å². The van der Waals surface area contributed by atoms with Crippen LogP contribution in [0.5, 0.6) is 0 Å². The number of nitrogens with one attached hydrogen (secondary N) is 2. The van der Waals surface area contributed by atoms with Gasteiger partial charge in [0.2, 0.25) is 0 Å². The van der Waals surface area contributed by atoms with Crippen LogP contribution in [0.3, 0.4) is 0 Å². The van der Waals surface area contributed by atoms with E-state index in [0.717, 1.165) is 54.3 Å². The molecule has 1 aromatic carbocycles. The predicted molar refractivity (Wildman–Crippen MR) is 137 cm³/mol. The van der Waals surface area contributed by atoms with Crippen molar-refractivity contribution in [2.75, 3.05) is 30.0 Å². The van der Waals surface area contributed by atoms with Crippen molar-refractivity contribution in [2.24, 2.45) is 0 Å². The number of hydrogen-bond donors (Lipinski definition) is 2. The second-order valence-electron chi connectivity index (χ2n) is 9.16. The third-order valence-corrected chi connectivity index (χ3v) is 8.42. The first-order chi connectivity index (χ1) is 16.3. The topological polar surface area (TPSA) is 95.4 Å². The Labute approximate surface area is 202 Å². The Balaban J connectivity index is 1.50. The summed E-state index contributed by atoms with van der Waals surface area (Å²) >= 11 is 0. The Kier molecular flexibility index (Phi) is 7.38. The van der Waals surface area contributed by atoms with Crippen molar-refractivity contribution in [3.63, 3.8) is 0 Å². The van der Waals surface area contributed by atoms with Gasteiger partial charge >= 0.3 is 0 Å². The number of aromatic nitrogens is 1. The van der Waals surface area contributed by atoms with Crippen LogP contribution in [0.1, 0.15) is 49.1 Å². The van der Waals surface area contributed by atoms with E-state index < -0.39 is 9.84 Å². The molecule has 0 spiro atoms. The van der Waals surface area contributed by atoms with Gasteiger partial charge in [-0.3, -0.25) is 10.3 Å². The minimum Gasteiger partial charge on any atom is -0.481 e. The molecule has 1 atom stereocenters. The van der Waals surface area contributed by atoms with E-state index in [2.05, 4.69) is 34.5 Å². The quantitative estimate of drug-likeness (QED) is 0.446. The van der Waals surface area contributed by atoms with Gasteiger partial charge in [0.1, 0.15) is 5.82 Å². The molecule has 7 nitrogen and oxygen atoms in total. The molecule has 0 radical (unpaired) electrons. The summed E-state index contributed by atoms with van der Waals surface area (Å²) in [6, 6.07) is 10.5. The van der Waals surface area contributed by atoms with Gasteiger partial charge in [-0.1, -0.05) is 24.3 Å². The number of sulfone groups is 1. The van der Waals surface area contributed by atoms with Crippen LogP contribution in [0, 0.1) is 12.3 Å². The molecule has 3 heterocycles. The van der Waals surface area contributed by atoms with Gasteiger partial charge in [-0.25, -0.2) is 13.4 Å². The van der Waals surface area contributed by atoms with Crippen LogP contribution < -0.4 is 5.32 Å². The van der Waals surface area contributed by atoms with Crippen LogP contribution in [0.25, 0.3) is 5.57 Å². The Hall–Kier alpha value is -2.71. The first-order valence-electron chi connectivity index (χ1n) is 11.9. The van der Waals surface area contributed by atoms with Gasteiger partial charge in [-0.15, -0.1) is 0 Å². The van der Waals surface area contributed by atoms with Gasteiger partial charge < -0.3 is 10.1 Å². The fourth-order valence-corrected chi connectivity index (χ4v) is 6.60. The van der Waals surface area contributed by atoms with Crippen molar-refractivity contribution < 1.29 is 13.2 Å². The molecule has 4 rings (SSSR count). The zero-order chi connectivity index (χ0) is 24.3.